The maximum absolute atomic E-state index is 12.8. The van der Waals surface area contributed by atoms with Crippen molar-refractivity contribution in [3.8, 4) is 0 Å². The van der Waals surface area contributed by atoms with Crippen molar-refractivity contribution in [1.29, 1.82) is 0 Å². The lowest BCUT2D eigenvalue weighted by Crippen LogP contribution is -2.26. The first-order valence-electron chi connectivity index (χ1n) is 8.23. The average molecular weight is 351 g/mol. The van der Waals surface area contributed by atoms with E-state index in [1.54, 1.807) is 18.2 Å². The SMILES string of the molecule is COCc1c(C(=O)Nc2ccc(N(C)C)cc2)c(=O)[nH]c2ccccc12. The number of carbonyl (C=O) groups excluding carboxylic acids is 1. The van der Waals surface area contributed by atoms with E-state index >= 15 is 0 Å². The molecular formula is C20H21N3O3. The van der Waals surface area contributed by atoms with Crippen LogP contribution >= 0.6 is 0 Å². The van der Waals surface area contributed by atoms with Crippen LogP contribution in [0.1, 0.15) is 15.9 Å². The number of nitrogens with one attached hydrogen (secondary N) is 2. The van der Waals surface area contributed by atoms with E-state index in [1.807, 2.05) is 49.3 Å². The molecular weight excluding hydrogens is 330 g/mol. The van der Waals surface area contributed by atoms with E-state index in [9.17, 15) is 9.59 Å². The first kappa shape index (κ1) is 17.7. The Kier molecular flexibility index (Phi) is 5.04. The summed E-state index contributed by atoms with van der Waals surface area (Å²) in [6.45, 7) is 0.173. The lowest BCUT2D eigenvalue weighted by Gasteiger charge is -2.14. The van der Waals surface area contributed by atoms with Crippen molar-refractivity contribution in [2.75, 3.05) is 31.4 Å². The molecule has 0 atom stereocenters. The number of anilines is 2. The number of aromatic amines is 1. The molecule has 0 bridgehead atoms. The summed E-state index contributed by atoms with van der Waals surface area (Å²) in [7, 11) is 5.43. The fourth-order valence-electron chi connectivity index (χ4n) is 2.88. The number of amides is 1. The van der Waals surface area contributed by atoms with Gasteiger partial charge >= 0.3 is 0 Å². The first-order chi connectivity index (χ1) is 12.5. The molecule has 0 aliphatic carbocycles. The lowest BCUT2D eigenvalue weighted by molar-refractivity contribution is 0.102. The molecule has 26 heavy (non-hydrogen) atoms. The topological polar surface area (TPSA) is 74.4 Å². The van der Waals surface area contributed by atoms with Gasteiger partial charge in [-0.25, -0.2) is 0 Å². The van der Waals surface area contributed by atoms with E-state index in [1.165, 1.54) is 7.11 Å². The van der Waals surface area contributed by atoms with E-state index < -0.39 is 11.5 Å². The highest BCUT2D eigenvalue weighted by molar-refractivity contribution is 6.07. The van der Waals surface area contributed by atoms with Crippen LogP contribution in [0.25, 0.3) is 10.9 Å². The molecule has 1 aromatic heterocycles. The van der Waals surface area contributed by atoms with Crippen molar-refractivity contribution >= 4 is 28.2 Å². The Hall–Kier alpha value is -3.12. The summed E-state index contributed by atoms with van der Waals surface area (Å²) in [4.78, 5) is 30.1. The zero-order valence-electron chi connectivity index (χ0n) is 15.0. The smallest absolute Gasteiger partial charge is 0.261 e. The molecule has 0 unspecified atom stereocenters. The van der Waals surface area contributed by atoms with Crippen molar-refractivity contribution in [2.45, 2.75) is 6.61 Å². The summed E-state index contributed by atoms with van der Waals surface area (Å²) >= 11 is 0. The number of fused-ring (bicyclic) bond motifs is 1. The number of ether oxygens (including phenoxy) is 1. The van der Waals surface area contributed by atoms with Crippen LogP contribution in [0.3, 0.4) is 0 Å². The number of methoxy groups -OCH3 is 1. The number of aromatic nitrogens is 1. The molecule has 2 aromatic carbocycles. The predicted octanol–water partition coefficient (Wildman–Crippen LogP) is 2.99. The number of hydrogen-bond donors (Lipinski definition) is 2. The third-order valence-corrected chi connectivity index (χ3v) is 4.19. The van der Waals surface area contributed by atoms with E-state index in [0.29, 0.717) is 16.8 Å². The fourth-order valence-corrected chi connectivity index (χ4v) is 2.88. The molecule has 1 amide bonds. The van der Waals surface area contributed by atoms with Gasteiger partial charge in [0.1, 0.15) is 5.56 Å². The summed E-state index contributed by atoms with van der Waals surface area (Å²) in [5.41, 5.74) is 2.54. The number of nitrogens with zero attached hydrogens (tertiary/aromatic N) is 1. The van der Waals surface area contributed by atoms with E-state index in [-0.39, 0.29) is 12.2 Å². The molecule has 0 saturated heterocycles. The molecule has 2 N–H and O–H groups in total. The van der Waals surface area contributed by atoms with Crippen molar-refractivity contribution in [1.82, 2.24) is 4.98 Å². The van der Waals surface area contributed by atoms with Crippen molar-refractivity contribution in [3.05, 3.63) is 70.0 Å². The quantitative estimate of drug-likeness (QED) is 0.741. The van der Waals surface area contributed by atoms with Gasteiger partial charge in [-0.2, -0.15) is 0 Å². The maximum atomic E-state index is 12.8. The van der Waals surface area contributed by atoms with Crippen molar-refractivity contribution in [2.24, 2.45) is 0 Å². The summed E-state index contributed by atoms with van der Waals surface area (Å²) < 4.78 is 5.24. The fraction of sp³-hybridized carbons (Fsp3) is 0.200. The Morgan fingerprint density at radius 3 is 2.46 bits per heavy atom. The zero-order chi connectivity index (χ0) is 18.7. The minimum Gasteiger partial charge on any atom is -0.380 e. The Labute approximate surface area is 151 Å². The standard InChI is InChI=1S/C20H21N3O3/c1-23(2)14-10-8-13(9-11-14)21-19(24)18-16(12-26-3)15-6-4-5-7-17(15)22-20(18)25/h4-11H,12H2,1-3H3,(H,21,24)(H,22,25). The largest absolute Gasteiger partial charge is 0.380 e. The minimum absolute atomic E-state index is 0.0715. The number of carbonyl (C=O) groups is 1. The van der Waals surface area contributed by atoms with E-state index in [4.69, 9.17) is 4.74 Å². The Bertz CT molecular complexity index is 991. The molecule has 0 saturated carbocycles. The first-order valence-corrected chi connectivity index (χ1v) is 8.23. The van der Waals surface area contributed by atoms with E-state index in [0.717, 1.165) is 11.1 Å². The molecule has 0 radical (unpaired) electrons. The van der Waals surface area contributed by atoms with Crippen LogP contribution in [0, 0.1) is 0 Å². The summed E-state index contributed by atoms with van der Waals surface area (Å²) in [6.07, 6.45) is 0. The van der Waals surface area contributed by atoms with Gasteiger partial charge in [-0.05, 0) is 30.3 Å². The van der Waals surface area contributed by atoms with Crippen molar-refractivity contribution < 1.29 is 9.53 Å². The van der Waals surface area contributed by atoms with Crippen LogP contribution < -0.4 is 15.8 Å². The van der Waals surface area contributed by atoms with Gasteiger partial charge in [-0.15, -0.1) is 0 Å². The van der Waals surface area contributed by atoms with Crippen LogP contribution in [0.4, 0.5) is 11.4 Å². The summed E-state index contributed by atoms with van der Waals surface area (Å²) in [5, 5.41) is 3.59. The number of para-hydroxylation sites is 1. The van der Waals surface area contributed by atoms with Gasteiger partial charge in [0.2, 0.25) is 0 Å². The zero-order valence-corrected chi connectivity index (χ0v) is 15.0. The third-order valence-electron chi connectivity index (χ3n) is 4.19. The average Bonchev–Trinajstić information content (AvgIpc) is 2.62. The highest BCUT2D eigenvalue weighted by atomic mass is 16.5. The lowest BCUT2D eigenvalue weighted by atomic mass is 10.0. The van der Waals surface area contributed by atoms with Crippen LogP contribution in [-0.2, 0) is 11.3 Å². The monoisotopic (exact) mass is 351 g/mol. The summed E-state index contributed by atoms with van der Waals surface area (Å²) in [5.74, 6) is -0.457. The minimum atomic E-state index is -0.457. The molecule has 6 nitrogen and oxygen atoms in total. The molecule has 0 spiro atoms. The molecule has 3 rings (SSSR count). The molecule has 0 fully saturated rings. The Morgan fingerprint density at radius 1 is 1.12 bits per heavy atom. The Balaban J connectivity index is 2.00. The predicted molar refractivity (Wildman–Crippen MR) is 104 cm³/mol. The number of hydrogen-bond acceptors (Lipinski definition) is 4. The molecule has 0 aliphatic rings. The van der Waals surface area contributed by atoms with Crippen LogP contribution in [-0.4, -0.2) is 32.1 Å². The molecule has 3 aromatic rings. The second kappa shape index (κ2) is 7.41. The molecule has 1 heterocycles. The van der Waals surface area contributed by atoms with Gasteiger partial charge in [0.05, 0.1) is 6.61 Å². The normalized spacial score (nSPS) is 10.7. The third kappa shape index (κ3) is 3.45. The second-order valence-electron chi connectivity index (χ2n) is 6.18. The maximum Gasteiger partial charge on any atom is 0.261 e. The highest BCUT2D eigenvalue weighted by Gasteiger charge is 2.19. The second-order valence-corrected chi connectivity index (χ2v) is 6.18. The number of rotatable bonds is 5. The molecule has 0 aliphatic heterocycles. The van der Waals surface area contributed by atoms with Gasteiger partial charge in [0.15, 0.2) is 0 Å². The Morgan fingerprint density at radius 2 is 1.81 bits per heavy atom. The van der Waals surface area contributed by atoms with E-state index in [2.05, 4.69) is 10.3 Å². The van der Waals surface area contributed by atoms with Crippen LogP contribution in [0.2, 0.25) is 0 Å². The van der Waals surface area contributed by atoms with Crippen LogP contribution in [0.15, 0.2) is 53.3 Å². The van der Waals surface area contributed by atoms with Gasteiger partial charge in [0.25, 0.3) is 11.5 Å². The number of pyridine rings is 1. The van der Waals surface area contributed by atoms with Gasteiger partial charge in [-0.3, -0.25) is 9.59 Å². The summed E-state index contributed by atoms with van der Waals surface area (Å²) in [6, 6.07) is 14.8. The van der Waals surface area contributed by atoms with Crippen molar-refractivity contribution in [3.63, 3.8) is 0 Å². The number of H-pyrrole nitrogens is 1. The highest BCUT2D eigenvalue weighted by Crippen LogP contribution is 2.21. The van der Waals surface area contributed by atoms with Crippen LogP contribution in [0.5, 0.6) is 0 Å². The van der Waals surface area contributed by atoms with Gasteiger partial charge in [0, 0.05) is 49.0 Å². The number of benzene rings is 2. The molecule has 6 heteroatoms. The molecule has 134 valence electrons. The van der Waals surface area contributed by atoms with Gasteiger partial charge in [-0.1, -0.05) is 18.2 Å². The van der Waals surface area contributed by atoms with Gasteiger partial charge < -0.3 is 19.9 Å².